The van der Waals surface area contributed by atoms with E-state index in [4.69, 9.17) is 11.2 Å². The summed E-state index contributed by atoms with van der Waals surface area (Å²) in [6, 6.07) is 5.95. The van der Waals surface area contributed by atoms with E-state index in [2.05, 4.69) is 47.1 Å². The third kappa shape index (κ3) is 5.25. The van der Waals surface area contributed by atoms with Crippen molar-refractivity contribution in [1.29, 1.82) is 0 Å². The number of nitrogens with one attached hydrogen (secondary N) is 1. The summed E-state index contributed by atoms with van der Waals surface area (Å²) in [4.78, 5) is 0. The first kappa shape index (κ1) is 14.1. The Labute approximate surface area is 112 Å². The summed E-state index contributed by atoms with van der Waals surface area (Å²) in [5, 5.41) is 3.39. The van der Waals surface area contributed by atoms with Gasteiger partial charge in [0.25, 0.3) is 0 Å². The molecule has 0 aliphatic rings. The fourth-order valence-electron chi connectivity index (χ4n) is 1.44. The van der Waals surface area contributed by atoms with Crippen LogP contribution in [0.15, 0.2) is 22.7 Å². The van der Waals surface area contributed by atoms with Crippen LogP contribution < -0.4 is 10.1 Å². The molecule has 92 valence electrons. The molecule has 17 heavy (non-hydrogen) atoms. The molecule has 0 unspecified atom stereocenters. The normalized spacial score (nSPS) is 10.3. The van der Waals surface area contributed by atoms with Crippen LogP contribution in [-0.4, -0.2) is 13.2 Å². The minimum atomic E-state index is 0.304. The summed E-state index contributed by atoms with van der Waals surface area (Å²) < 4.78 is 6.55. The quantitative estimate of drug-likeness (QED) is 0.814. The smallest absolute Gasteiger partial charge is 0.148 e. The van der Waals surface area contributed by atoms with Crippen LogP contribution in [0.4, 0.5) is 0 Å². The van der Waals surface area contributed by atoms with E-state index in [-0.39, 0.29) is 0 Å². The maximum atomic E-state index is 5.50. The molecule has 0 bridgehead atoms. The molecule has 0 aliphatic heterocycles. The highest BCUT2D eigenvalue weighted by atomic mass is 79.9. The van der Waals surface area contributed by atoms with Crippen LogP contribution in [0.2, 0.25) is 0 Å². The summed E-state index contributed by atoms with van der Waals surface area (Å²) in [7, 11) is 0. The first-order valence-corrected chi connectivity index (χ1v) is 6.48. The first-order valence-electron chi connectivity index (χ1n) is 5.69. The number of hydrogen-bond donors (Lipinski definition) is 1. The van der Waals surface area contributed by atoms with Crippen molar-refractivity contribution in [1.82, 2.24) is 5.32 Å². The Bertz CT molecular complexity index is 396. The Morgan fingerprint density at radius 2 is 2.24 bits per heavy atom. The maximum Gasteiger partial charge on any atom is 0.148 e. The van der Waals surface area contributed by atoms with Gasteiger partial charge in [-0.1, -0.05) is 35.7 Å². The van der Waals surface area contributed by atoms with E-state index in [0.717, 1.165) is 28.9 Å². The van der Waals surface area contributed by atoms with Gasteiger partial charge in [0.1, 0.15) is 12.4 Å². The van der Waals surface area contributed by atoms with E-state index in [1.54, 1.807) is 0 Å². The molecular formula is C14H18BrNO. The second kappa shape index (κ2) is 7.37. The van der Waals surface area contributed by atoms with Crippen molar-refractivity contribution in [3.63, 3.8) is 0 Å². The summed E-state index contributed by atoms with van der Waals surface area (Å²) >= 11 is 3.46. The molecule has 0 fully saturated rings. The minimum absolute atomic E-state index is 0.304. The van der Waals surface area contributed by atoms with Crippen molar-refractivity contribution in [2.75, 3.05) is 13.2 Å². The number of halogens is 1. The largest absolute Gasteiger partial charge is 0.481 e. The lowest BCUT2D eigenvalue weighted by atomic mass is 10.2. The van der Waals surface area contributed by atoms with Gasteiger partial charge in [-0.15, -0.1) is 6.42 Å². The van der Waals surface area contributed by atoms with Crippen molar-refractivity contribution in [3.8, 4) is 18.1 Å². The molecular weight excluding hydrogens is 278 g/mol. The average Bonchev–Trinajstić information content (AvgIpc) is 2.27. The molecule has 1 aromatic carbocycles. The number of ether oxygens (including phenoxy) is 1. The summed E-state index contributed by atoms with van der Waals surface area (Å²) in [6.07, 6.45) is 5.20. The van der Waals surface area contributed by atoms with Gasteiger partial charge in [0.2, 0.25) is 0 Å². The molecule has 0 aromatic heterocycles. The maximum absolute atomic E-state index is 5.50. The lowest BCUT2D eigenvalue weighted by Crippen LogP contribution is -2.19. The zero-order valence-electron chi connectivity index (χ0n) is 10.3. The summed E-state index contributed by atoms with van der Waals surface area (Å²) in [6.45, 7) is 6.45. The molecule has 0 saturated carbocycles. The Kier molecular flexibility index (Phi) is 6.10. The average molecular weight is 296 g/mol. The second-order valence-electron chi connectivity index (χ2n) is 4.27. The molecule has 3 heteroatoms. The minimum Gasteiger partial charge on any atom is -0.481 e. The third-order valence-corrected chi connectivity index (χ3v) is 2.69. The molecule has 0 saturated heterocycles. The zero-order valence-corrected chi connectivity index (χ0v) is 11.9. The van der Waals surface area contributed by atoms with Crippen LogP contribution >= 0.6 is 15.9 Å². The zero-order chi connectivity index (χ0) is 12.7. The lowest BCUT2D eigenvalue weighted by molar-refractivity contribution is 0.364. The summed E-state index contributed by atoms with van der Waals surface area (Å²) in [5.41, 5.74) is 1.12. The second-order valence-corrected chi connectivity index (χ2v) is 5.19. The fourth-order valence-corrected chi connectivity index (χ4v) is 1.85. The monoisotopic (exact) mass is 295 g/mol. The fraction of sp³-hybridized carbons (Fsp3) is 0.429. The van der Waals surface area contributed by atoms with Gasteiger partial charge in [0.15, 0.2) is 0 Å². The van der Waals surface area contributed by atoms with Gasteiger partial charge in [-0.25, -0.2) is 0 Å². The van der Waals surface area contributed by atoms with E-state index in [1.165, 1.54) is 0 Å². The van der Waals surface area contributed by atoms with Gasteiger partial charge in [0, 0.05) is 16.6 Å². The van der Waals surface area contributed by atoms with Crippen LogP contribution in [0.5, 0.6) is 5.75 Å². The molecule has 0 atom stereocenters. The van der Waals surface area contributed by atoms with E-state index in [1.807, 2.05) is 12.1 Å². The number of terminal acetylenes is 1. The molecule has 0 spiro atoms. The molecule has 1 aromatic rings. The van der Waals surface area contributed by atoms with E-state index < -0.39 is 0 Å². The van der Waals surface area contributed by atoms with Gasteiger partial charge >= 0.3 is 0 Å². The van der Waals surface area contributed by atoms with Gasteiger partial charge in [-0.05, 0) is 30.7 Å². The summed E-state index contributed by atoms with van der Waals surface area (Å²) in [5.74, 6) is 3.96. The topological polar surface area (TPSA) is 21.3 Å². The molecule has 0 radical (unpaired) electrons. The Morgan fingerprint density at radius 1 is 1.47 bits per heavy atom. The predicted octanol–water partition coefficient (Wildman–Crippen LogP) is 3.21. The number of benzene rings is 1. The first-order chi connectivity index (χ1) is 8.13. The lowest BCUT2D eigenvalue weighted by Gasteiger charge is -2.12. The highest BCUT2D eigenvalue weighted by molar-refractivity contribution is 9.10. The molecule has 1 N–H and O–H groups in total. The van der Waals surface area contributed by atoms with Crippen molar-refractivity contribution in [2.24, 2.45) is 5.92 Å². The highest BCUT2D eigenvalue weighted by Crippen LogP contribution is 2.23. The van der Waals surface area contributed by atoms with Crippen molar-refractivity contribution in [2.45, 2.75) is 20.4 Å². The molecule has 0 amide bonds. The van der Waals surface area contributed by atoms with Gasteiger partial charge in [0.05, 0.1) is 0 Å². The van der Waals surface area contributed by atoms with Gasteiger partial charge < -0.3 is 10.1 Å². The van der Waals surface area contributed by atoms with Gasteiger partial charge in [-0.3, -0.25) is 0 Å². The Balaban J connectivity index is 2.66. The molecule has 1 rings (SSSR count). The van der Waals surface area contributed by atoms with Crippen LogP contribution in [0.25, 0.3) is 0 Å². The highest BCUT2D eigenvalue weighted by Gasteiger charge is 2.04. The van der Waals surface area contributed by atoms with E-state index in [9.17, 15) is 0 Å². The van der Waals surface area contributed by atoms with E-state index in [0.29, 0.717) is 12.5 Å². The van der Waals surface area contributed by atoms with Crippen LogP contribution in [0.1, 0.15) is 19.4 Å². The van der Waals surface area contributed by atoms with Crippen molar-refractivity contribution < 1.29 is 4.74 Å². The van der Waals surface area contributed by atoms with Gasteiger partial charge in [-0.2, -0.15) is 0 Å². The number of hydrogen-bond acceptors (Lipinski definition) is 2. The third-order valence-electron chi connectivity index (χ3n) is 2.20. The predicted molar refractivity (Wildman–Crippen MR) is 75.0 cm³/mol. The molecule has 0 aliphatic carbocycles. The number of rotatable bonds is 6. The van der Waals surface area contributed by atoms with Crippen molar-refractivity contribution in [3.05, 3.63) is 28.2 Å². The van der Waals surface area contributed by atoms with Crippen molar-refractivity contribution >= 4 is 15.9 Å². The SMILES string of the molecule is C#CCOc1ccc(Br)cc1CNCC(C)C. The Morgan fingerprint density at radius 3 is 2.88 bits per heavy atom. The molecule has 0 heterocycles. The van der Waals surface area contributed by atoms with Crippen LogP contribution in [0, 0.1) is 18.3 Å². The Hall–Kier alpha value is -0.980. The van der Waals surface area contributed by atoms with E-state index >= 15 is 0 Å². The standard InChI is InChI=1S/C14H18BrNO/c1-4-7-17-14-6-5-13(15)8-12(14)10-16-9-11(2)3/h1,5-6,8,11,16H,7,9-10H2,2-3H3. The van der Waals surface area contributed by atoms with Crippen LogP contribution in [0.3, 0.4) is 0 Å². The molecule has 2 nitrogen and oxygen atoms in total. The van der Waals surface area contributed by atoms with Crippen LogP contribution in [-0.2, 0) is 6.54 Å².